The first-order valence-electron chi connectivity index (χ1n) is 15.6. The van der Waals surface area contributed by atoms with Crippen molar-refractivity contribution in [3.63, 3.8) is 0 Å². The summed E-state index contributed by atoms with van der Waals surface area (Å²) in [6.07, 6.45) is 0. The maximum atomic E-state index is 9.48. The van der Waals surface area contributed by atoms with Crippen molar-refractivity contribution in [2.45, 2.75) is 6.92 Å². The van der Waals surface area contributed by atoms with Crippen molar-refractivity contribution in [1.82, 2.24) is 4.57 Å². The molecule has 4 heteroatoms. The predicted molar refractivity (Wildman–Crippen MR) is 199 cm³/mol. The fraction of sp³-hybridized carbons (Fsp3) is 0.0233. The highest BCUT2D eigenvalue weighted by Gasteiger charge is 2.15. The van der Waals surface area contributed by atoms with E-state index in [0.29, 0.717) is 5.56 Å². The molecular formula is C43H29N3S. The highest BCUT2D eigenvalue weighted by atomic mass is 32.1. The zero-order valence-electron chi connectivity index (χ0n) is 25.8. The van der Waals surface area contributed by atoms with Crippen LogP contribution in [-0.4, -0.2) is 10.3 Å². The van der Waals surface area contributed by atoms with Crippen molar-refractivity contribution in [1.29, 1.82) is 5.26 Å². The van der Waals surface area contributed by atoms with E-state index >= 15 is 0 Å². The standard InChI is InChI=1S/C43H29N3S/c1-28-41-35(33-17-11-18-34(26-33)46-38-22-8-6-19-36(38)37-20-7-9-23-39(37)46)21-12-24-40(41)47-43(28)42(31-14-4-3-5-15-31)45-29(2)32-16-10-13-30(25-32)27-44/h3-26H,1H2,2H3/b43-42+,45-29?. The quantitative estimate of drug-likeness (QED) is 0.177. The number of nitrogens with zero attached hydrogens (tertiary/aromatic N) is 3. The molecule has 0 amide bonds. The van der Waals surface area contributed by atoms with Gasteiger partial charge in [-0.1, -0.05) is 110 Å². The summed E-state index contributed by atoms with van der Waals surface area (Å²) in [5, 5.41) is 14.1. The molecule has 0 spiro atoms. The lowest BCUT2D eigenvalue weighted by Gasteiger charge is -2.11. The van der Waals surface area contributed by atoms with E-state index in [1.54, 1.807) is 11.3 Å². The summed E-state index contributed by atoms with van der Waals surface area (Å²) in [7, 11) is 0. The molecule has 0 atom stereocenters. The fourth-order valence-corrected chi connectivity index (χ4v) is 7.73. The zero-order chi connectivity index (χ0) is 31.9. The van der Waals surface area contributed by atoms with Crippen LogP contribution in [0.2, 0.25) is 0 Å². The number of fused-ring (bicyclic) bond motifs is 4. The molecule has 0 aliphatic rings. The first-order valence-corrected chi connectivity index (χ1v) is 16.4. The molecule has 0 bridgehead atoms. The topological polar surface area (TPSA) is 41.1 Å². The van der Waals surface area contributed by atoms with Gasteiger partial charge in [-0.25, -0.2) is 0 Å². The summed E-state index contributed by atoms with van der Waals surface area (Å²) < 4.78 is 4.56. The van der Waals surface area contributed by atoms with E-state index in [-0.39, 0.29) is 0 Å². The molecule has 0 aliphatic heterocycles. The second-order valence-corrected chi connectivity index (χ2v) is 12.7. The number of aliphatic imine (C=N–C) groups is 1. The van der Waals surface area contributed by atoms with Crippen molar-refractivity contribution in [2.75, 3.05) is 0 Å². The van der Waals surface area contributed by atoms with Crippen molar-refractivity contribution < 1.29 is 0 Å². The third-order valence-electron chi connectivity index (χ3n) is 8.76. The molecule has 222 valence electrons. The van der Waals surface area contributed by atoms with Gasteiger partial charge in [0.05, 0.1) is 32.9 Å². The van der Waals surface area contributed by atoms with Crippen LogP contribution in [0.5, 0.6) is 0 Å². The molecule has 0 N–H and O–H groups in total. The Labute approximate surface area is 276 Å². The molecule has 0 radical (unpaired) electrons. The molecular weight excluding hydrogens is 591 g/mol. The van der Waals surface area contributed by atoms with Crippen molar-refractivity contribution in [3.8, 4) is 22.9 Å². The van der Waals surface area contributed by atoms with Gasteiger partial charge in [0.25, 0.3) is 0 Å². The maximum absolute atomic E-state index is 9.48. The van der Waals surface area contributed by atoms with Crippen LogP contribution in [0.4, 0.5) is 0 Å². The van der Waals surface area contributed by atoms with Gasteiger partial charge in [-0.15, -0.1) is 11.3 Å². The minimum atomic E-state index is 0.616. The smallest absolute Gasteiger partial charge is 0.0991 e. The average molecular weight is 620 g/mol. The molecule has 0 aliphatic carbocycles. The molecule has 0 saturated carbocycles. The van der Waals surface area contributed by atoms with E-state index in [4.69, 9.17) is 4.99 Å². The Balaban J connectivity index is 1.35. The van der Waals surface area contributed by atoms with Gasteiger partial charge >= 0.3 is 0 Å². The lowest BCUT2D eigenvalue weighted by molar-refractivity contribution is 1.18. The summed E-state index contributed by atoms with van der Waals surface area (Å²) >= 11 is 1.72. The molecule has 0 fully saturated rings. The first kappa shape index (κ1) is 28.5. The van der Waals surface area contributed by atoms with Gasteiger partial charge in [0.1, 0.15) is 0 Å². The first-order chi connectivity index (χ1) is 23.1. The number of hydrogen-bond acceptors (Lipinski definition) is 3. The van der Waals surface area contributed by atoms with Crippen molar-refractivity contribution >= 4 is 61.2 Å². The summed E-state index contributed by atoms with van der Waals surface area (Å²) in [6, 6.07) is 52.7. The molecule has 8 aromatic rings. The van der Waals surface area contributed by atoms with E-state index in [2.05, 4.69) is 120 Å². The Kier molecular flexibility index (Phi) is 7.10. The number of rotatable bonds is 5. The largest absolute Gasteiger partial charge is 0.309 e. The van der Waals surface area contributed by atoms with Gasteiger partial charge in [-0.3, -0.25) is 4.99 Å². The van der Waals surface area contributed by atoms with Crippen LogP contribution < -0.4 is 9.75 Å². The molecule has 2 aromatic heterocycles. The monoisotopic (exact) mass is 619 g/mol. The molecule has 6 aromatic carbocycles. The van der Waals surface area contributed by atoms with Gasteiger partial charge in [0.15, 0.2) is 0 Å². The zero-order valence-corrected chi connectivity index (χ0v) is 26.6. The highest BCUT2D eigenvalue weighted by molar-refractivity contribution is 7.17. The number of thiophene rings is 1. The van der Waals surface area contributed by atoms with Gasteiger partial charge < -0.3 is 4.57 Å². The molecule has 0 saturated heterocycles. The summed E-state index contributed by atoms with van der Waals surface area (Å²) in [5.74, 6) is 0. The SMILES string of the molecule is C=c1/c(=C(\N=C(C)c2cccc(C#N)c2)c2ccccc2)sc2cccc(-c3cccc(-n4c5ccccc5c5ccccc54)c3)c12. The third kappa shape index (κ3) is 4.95. The second kappa shape index (κ2) is 11.7. The second-order valence-electron chi connectivity index (χ2n) is 11.6. The maximum Gasteiger partial charge on any atom is 0.0991 e. The lowest BCUT2D eigenvalue weighted by atomic mass is 10.00. The van der Waals surface area contributed by atoms with E-state index < -0.39 is 0 Å². The average Bonchev–Trinajstić information content (AvgIpc) is 3.65. The number of nitriles is 1. The Bertz CT molecular complexity index is 2620. The molecule has 47 heavy (non-hydrogen) atoms. The van der Waals surface area contributed by atoms with E-state index in [0.717, 1.165) is 59.2 Å². The Morgan fingerprint density at radius 1 is 0.702 bits per heavy atom. The fourth-order valence-electron chi connectivity index (χ4n) is 6.55. The summed E-state index contributed by atoms with van der Waals surface area (Å²) in [5.41, 5.74) is 10.1. The van der Waals surface area contributed by atoms with Gasteiger partial charge in [0, 0.05) is 37.8 Å². The molecule has 8 rings (SSSR count). The number of aromatic nitrogens is 1. The Hall–Kier alpha value is -6.02. The Morgan fingerprint density at radius 2 is 1.36 bits per heavy atom. The van der Waals surface area contributed by atoms with Crippen molar-refractivity contribution in [2.24, 2.45) is 4.99 Å². The minimum Gasteiger partial charge on any atom is -0.309 e. The van der Waals surface area contributed by atoms with Crippen LogP contribution in [0.25, 0.3) is 61.0 Å². The Morgan fingerprint density at radius 3 is 2.11 bits per heavy atom. The number of para-hydroxylation sites is 2. The van der Waals surface area contributed by atoms with Crippen LogP contribution in [0.3, 0.4) is 0 Å². The minimum absolute atomic E-state index is 0.616. The van der Waals surface area contributed by atoms with E-state index in [1.165, 1.54) is 21.8 Å². The number of benzene rings is 6. The lowest BCUT2D eigenvalue weighted by Crippen LogP contribution is -2.20. The van der Waals surface area contributed by atoms with E-state index in [9.17, 15) is 5.26 Å². The molecule has 3 nitrogen and oxygen atoms in total. The van der Waals surface area contributed by atoms with Crippen LogP contribution in [-0.2, 0) is 0 Å². The van der Waals surface area contributed by atoms with Gasteiger partial charge in [-0.2, -0.15) is 5.26 Å². The normalized spacial score (nSPS) is 12.5. The molecule has 2 heterocycles. The summed E-state index contributed by atoms with van der Waals surface area (Å²) in [6.45, 7) is 6.68. The summed E-state index contributed by atoms with van der Waals surface area (Å²) in [4.78, 5) is 5.22. The highest BCUT2D eigenvalue weighted by Crippen LogP contribution is 2.34. The predicted octanol–water partition coefficient (Wildman–Crippen LogP) is 9.61. The van der Waals surface area contributed by atoms with Crippen LogP contribution in [0.15, 0.2) is 151 Å². The van der Waals surface area contributed by atoms with Crippen molar-refractivity contribution in [3.05, 3.63) is 172 Å². The van der Waals surface area contributed by atoms with Crippen LogP contribution in [0.1, 0.15) is 23.6 Å². The van der Waals surface area contributed by atoms with E-state index in [1.807, 2.05) is 49.4 Å². The van der Waals surface area contributed by atoms with Gasteiger partial charge in [0.2, 0.25) is 0 Å². The third-order valence-corrected chi connectivity index (χ3v) is 9.96. The van der Waals surface area contributed by atoms with Crippen LogP contribution >= 0.6 is 11.3 Å². The van der Waals surface area contributed by atoms with Crippen LogP contribution in [0, 0.1) is 11.3 Å². The number of hydrogen-bond donors (Lipinski definition) is 0. The molecule has 0 unspecified atom stereocenters. The van der Waals surface area contributed by atoms with Gasteiger partial charge in [-0.05, 0) is 71.3 Å².